The molecule has 0 saturated heterocycles. The second-order valence-corrected chi connectivity index (χ2v) is 7.31. The Labute approximate surface area is 159 Å². The fourth-order valence-electron chi connectivity index (χ4n) is 4.04. The molecule has 0 saturated carbocycles. The standard InChI is InChI=1S/C22H25N3O2/c1-4-6-14-8-10-18-16(12-14)22(20(26)25(3)21(23)24-22)17-13-15(7-5-2)9-11-19(17)27-18/h8-13H,4-7H2,1-3H3,(H2,23,24). The van der Waals surface area contributed by atoms with Gasteiger partial charge in [0.2, 0.25) is 5.54 Å². The first-order valence-electron chi connectivity index (χ1n) is 9.59. The maximum Gasteiger partial charge on any atom is 0.266 e. The van der Waals surface area contributed by atoms with Crippen molar-refractivity contribution in [3.05, 3.63) is 58.7 Å². The summed E-state index contributed by atoms with van der Waals surface area (Å²) in [7, 11) is 1.68. The Morgan fingerprint density at radius 1 is 1.00 bits per heavy atom. The Bertz CT molecular complexity index is 893. The van der Waals surface area contributed by atoms with Crippen molar-refractivity contribution >= 4 is 11.9 Å². The third kappa shape index (κ3) is 2.52. The summed E-state index contributed by atoms with van der Waals surface area (Å²) in [6.45, 7) is 4.28. The number of likely N-dealkylation sites (N-methyl/N-ethyl adjacent to an activating group) is 1. The fourth-order valence-corrected chi connectivity index (χ4v) is 4.04. The highest BCUT2D eigenvalue weighted by Crippen LogP contribution is 2.52. The molecular formula is C22H25N3O2. The van der Waals surface area contributed by atoms with Crippen molar-refractivity contribution in [1.29, 1.82) is 0 Å². The first-order valence-corrected chi connectivity index (χ1v) is 9.59. The van der Waals surface area contributed by atoms with Crippen molar-refractivity contribution in [1.82, 2.24) is 4.90 Å². The van der Waals surface area contributed by atoms with Crippen LogP contribution in [0.25, 0.3) is 0 Å². The van der Waals surface area contributed by atoms with E-state index in [1.807, 2.05) is 12.1 Å². The summed E-state index contributed by atoms with van der Waals surface area (Å²) in [5, 5.41) is 0. The highest BCUT2D eigenvalue weighted by Gasteiger charge is 2.54. The van der Waals surface area contributed by atoms with Gasteiger partial charge in [0.25, 0.3) is 5.91 Å². The van der Waals surface area contributed by atoms with Gasteiger partial charge in [-0.15, -0.1) is 0 Å². The Morgan fingerprint density at radius 2 is 1.52 bits per heavy atom. The summed E-state index contributed by atoms with van der Waals surface area (Å²) >= 11 is 0. The molecule has 1 amide bonds. The second kappa shape index (κ2) is 6.41. The minimum atomic E-state index is -1.16. The molecule has 0 aliphatic carbocycles. The minimum Gasteiger partial charge on any atom is -0.457 e. The lowest BCUT2D eigenvalue weighted by Gasteiger charge is -2.34. The van der Waals surface area contributed by atoms with Gasteiger partial charge in [0.15, 0.2) is 5.96 Å². The number of carbonyl (C=O) groups is 1. The maximum absolute atomic E-state index is 13.4. The van der Waals surface area contributed by atoms with Crippen LogP contribution in [0, 0.1) is 0 Å². The van der Waals surface area contributed by atoms with E-state index >= 15 is 0 Å². The normalized spacial score (nSPS) is 16.8. The Hall–Kier alpha value is -2.82. The fraction of sp³-hybridized carbons (Fsp3) is 0.364. The largest absolute Gasteiger partial charge is 0.457 e. The maximum atomic E-state index is 13.4. The van der Waals surface area contributed by atoms with E-state index in [0.29, 0.717) is 11.5 Å². The Balaban J connectivity index is 1.99. The lowest BCUT2D eigenvalue weighted by atomic mass is 9.78. The van der Waals surface area contributed by atoms with Crippen LogP contribution in [-0.4, -0.2) is 23.8 Å². The Kier molecular flexibility index (Phi) is 4.17. The topological polar surface area (TPSA) is 67.9 Å². The quantitative estimate of drug-likeness (QED) is 0.900. The molecule has 2 aliphatic heterocycles. The first-order chi connectivity index (χ1) is 13.0. The number of hydrogen-bond acceptors (Lipinski definition) is 4. The summed E-state index contributed by atoms with van der Waals surface area (Å²) in [5.41, 5.74) is 8.85. The van der Waals surface area contributed by atoms with Crippen LogP contribution in [0.3, 0.4) is 0 Å². The number of carbonyl (C=O) groups excluding carboxylic acids is 1. The van der Waals surface area contributed by atoms with Crippen LogP contribution in [0.15, 0.2) is 41.4 Å². The molecule has 2 aromatic rings. The van der Waals surface area contributed by atoms with Gasteiger partial charge in [-0.1, -0.05) is 38.8 Å². The molecule has 2 N–H and O–H groups in total. The van der Waals surface area contributed by atoms with Crippen LogP contribution >= 0.6 is 0 Å². The van der Waals surface area contributed by atoms with Crippen LogP contribution in [0.5, 0.6) is 11.5 Å². The summed E-state index contributed by atoms with van der Waals surface area (Å²) in [6.07, 6.45) is 3.94. The molecule has 2 aliphatic rings. The third-order valence-electron chi connectivity index (χ3n) is 5.40. The van der Waals surface area contributed by atoms with Gasteiger partial charge >= 0.3 is 0 Å². The number of rotatable bonds is 4. The lowest BCUT2D eigenvalue weighted by molar-refractivity contribution is -0.129. The molecule has 0 radical (unpaired) electrons. The average Bonchev–Trinajstić information content (AvgIpc) is 2.89. The number of guanidine groups is 1. The SMILES string of the molecule is CCCc1ccc2c(c1)C1(N=C(N)N(C)C1=O)c1cc(CCC)ccc1O2. The molecule has 0 fully saturated rings. The third-order valence-corrected chi connectivity index (χ3v) is 5.40. The van der Waals surface area contributed by atoms with E-state index in [4.69, 9.17) is 15.5 Å². The number of amides is 1. The molecule has 2 aromatic carbocycles. The van der Waals surface area contributed by atoms with E-state index in [0.717, 1.165) is 36.8 Å². The zero-order valence-corrected chi connectivity index (χ0v) is 16.1. The number of nitrogens with two attached hydrogens (primary N) is 1. The number of aryl methyl sites for hydroxylation is 2. The number of ether oxygens (including phenoxy) is 1. The van der Waals surface area contributed by atoms with E-state index in [1.165, 1.54) is 16.0 Å². The highest BCUT2D eigenvalue weighted by atomic mass is 16.5. The summed E-state index contributed by atoms with van der Waals surface area (Å²) < 4.78 is 6.17. The van der Waals surface area contributed by atoms with Crippen molar-refractivity contribution in [2.75, 3.05) is 7.05 Å². The van der Waals surface area contributed by atoms with Crippen LogP contribution in [0.4, 0.5) is 0 Å². The van der Waals surface area contributed by atoms with E-state index < -0.39 is 5.54 Å². The van der Waals surface area contributed by atoms with Crippen LogP contribution in [-0.2, 0) is 23.2 Å². The van der Waals surface area contributed by atoms with Gasteiger partial charge in [-0.3, -0.25) is 9.69 Å². The summed E-state index contributed by atoms with van der Waals surface area (Å²) in [5.74, 6) is 1.45. The molecular weight excluding hydrogens is 338 g/mol. The van der Waals surface area contributed by atoms with E-state index in [1.54, 1.807) is 7.05 Å². The molecule has 0 bridgehead atoms. The average molecular weight is 363 g/mol. The van der Waals surface area contributed by atoms with E-state index in [9.17, 15) is 4.79 Å². The van der Waals surface area contributed by atoms with Crippen LogP contribution in [0.2, 0.25) is 0 Å². The Morgan fingerprint density at radius 3 is 1.93 bits per heavy atom. The predicted octanol–water partition coefficient (Wildman–Crippen LogP) is 3.73. The van der Waals surface area contributed by atoms with Gasteiger partial charge in [0.05, 0.1) is 0 Å². The van der Waals surface area contributed by atoms with Gasteiger partial charge < -0.3 is 10.5 Å². The highest BCUT2D eigenvalue weighted by molar-refractivity contribution is 6.10. The van der Waals surface area contributed by atoms with Crippen LogP contribution < -0.4 is 10.5 Å². The monoisotopic (exact) mass is 363 g/mol. The van der Waals surface area contributed by atoms with Crippen molar-refractivity contribution in [3.8, 4) is 11.5 Å². The summed E-state index contributed by atoms with van der Waals surface area (Å²) in [4.78, 5) is 19.6. The van der Waals surface area contributed by atoms with Crippen molar-refractivity contribution in [2.45, 2.75) is 45.1 Å². The minimum absolute atomic E-state index is 0.131. The van der Waals surface area contributed by atoms with Gasteiger partial charge in [-0.2, -0.15) is 0 Å². The smallest absolute Gasteiger partial charge is 0.266 e. The molecule has 140 valence electrons. The van der Waals surface area contributed by atoms with Crippen molar-refractivity contribution in [3.63, 3.8) is 0 Å². The van der Waals surface area contributed by atoms with Gasteiger partial charge in [0, 0.05) is 18.2 Å². The van der Waals surface area contributed by atoms with Gasteiger partial charge in [-0.05, 0) is 48.2 Å². The molecule has 0 aromatic heterocycles. The first kappa shape index (κ1) is 17.6. The number of benzene rings is 2. The van der Waals surface area contributed by atoms with E-state index in [2.05, 4.69) is 38.1 Å². The molecule has 5 nitrogen and oxygen atoms in total. The number of fused-ring (bicyclic) bond motifs is 4. The number of hydrogen-bond donors (Lipinski definition) is 1. The zero-order valence-electron chi connectivity index (χ0n) is 16.1. The van der Waals surface area contributed by atoms with Gasteiger partial charge in [0.1, 0.15) is 11.5 Å². The molecule has 0 atom stereocenters. The zero-order chi connectivity index (χ0) is 19.2. The second-order valence-electron chi connectivity index (χ2n) is 7.31. The van der Waals surface area contributed by atoms with Crippen molar-refractivity contribution in [2.24, 2.45) is 10.7 Å². The van der Waals surface area contributed by atoms with Crippen LogP contribution in [0.1, 0.15) is 48.9 Å². The van der Waals surface area contributed by atoms with Crippen molar-refractivity contribution < 1.29 is 9.53 Å². The molecule has 0 unspecified atom stereocenters. The lowest BCUT2D eigenvalue weighted by Crippen LogP contribution is -2.42. The summed E-state index contributed by atoms with van der Waals surface area (Å²) in [6, 6.07) is 12.1. The van der Waals surface area contributed by atoms with Gasteiger partial charge in [-0.25, -0.2) is 4.99 Å². The molecule has 4 rings (SSSR count). The number of aliphatic imine (C=N–C) groups is 1. The number of nitrogens with zero attached hydrogens (tertiary/aromatic N) is 2. The molecule has 5 heteroatoms. The molecule has 2 heterocycles. The molecule has 27 heavy (non-hydrogen) atoms. The molecule has 1 spiro atoms. The predicted molar refractivity (Wildman–Crippen MR) is 106 cm³/mol. The van der Waals surface area contributed by atoms with E-state index in [-0.39, 0.29) is 11.9 Å².